The molecule has 0 saturated carbocycles. The third-order valence-corrected chi connectivity index (χ3v) is 2.53. The number of benzene rings is 1. The van der Waals surface area contributed by atoms with Gasteiger partial charge >= 0.3 is 0 Å². The van der Waals surface area contributed by atoms with Gasteiger partial charge in [-0.1, -0.05) is 6.07 Å². The maximum absolute atomic E-state index is 8.91. The van der Waals surface area contributed by atoms with Gasteiger partial charge in [0.1, 0.15) is 24.1 Å². The van der Waals surface area contributed by atoms with Gasteiger partial charge in [0.2, 0.25) is 0 Å². The van der Waals surface area contributed by atoms with Crippen molar-refractivity contribution in [2.45, 2.75) is 6.61 Å². The summed E-state index contributed by atoms with van der Waals surface area (Å²) in [6, 6.07) is 13.3. The Morgan fingerprint density at radius 2 is 2.06 bits per heavy atom. The molecule has 1 aromatic carbocycles. The van der Waals surface area contributed by atoms with E-state index in [1.165, 1.54) is 0 Å². The van der Waals surface area contributed by atoms with Gasteiger partial charge in [0.15, 0.2) is 0 Å². The molecule has 0 bridgehead atoms. The summed E-state index contributed by atoms with van der Waals surface area (Å²) in [6.07, 6.45) is 1.60. The van der Waals surface area contributed by atoms with Gasteiger partial charge in [-0.05, 0) is 30.3 Å². The van der Waals surface area contributed by atoms with Crippen molar-refractivity contribution in [2.75, 3.05) is 12.4 Å². The zero-order chi connectivity index (χ0) is 12.8. The Kier molecular flexibility index (Phi) is 3.77. The van der Waals surface area contributed by atoms with E-state index in [9.17, 15) is 0 Å². The first kappa shape index (κ1) is 11.9. The van der Waals surface area contributed by atoms with Gasteiger partial charge in [-0.25, -0.2) is 4.98 Å². The van der Waals surface area contributed by atoms with Crippen molar-refractivity contribution in [3.63, 3.8) is 0 Å². The molecule has 0 unspecified atom stereocenters. The summed E-state index contributed by atoms with van der Waals surface area (Å²) in [5, 5.41) is 11.9. The molecule has 1 N–H and O–H groups in total. The molecule has 90 valence electrons. The van der Waals surface area contributed by atoms with E-state index in [2.05, 4.69) is 10.3 Å². The maximum Gasteiger partial charge on any atom is 0.147 e. The normalized spacial score (nSPS) is 9.56. The monoisotopic (exact) mass is 239 g/mol. The van der Waals surface area contributed by atoms with Crippen LogP contribution in [0.3, 0.4) is 0 Å². The van der Waals surface area contributed by atoms with Crippen LogP contribution in [0.2, 0.25) is 0 Å². The highest BCUT2D eigenvalue weighted by atomic mass is 16.5. The Bertz CT molecular complexity index is 558. The topological polar surface area (TPSA) is 57.9 Å². The molecule has 2 aromatic rings. The smallest absolute Gasteiger partial charge is 0.147 e. The lowest BCUT2D eigenvalue weighted by Crippen LogP contribution is -1.99. The van der Waals surface area contributed by atoms with Crippen molar-refractivity contribution in [2.24, 2.45) is 0 Å². The quantitative estimate of drug-likeness (QED) is 0.890. The number of hydrogen-bond acceptors (Lipinski definition) is 4. The van der Waals surface area contributed by atoms with E-state index in [-0.39, 0.29) is 0 Å². The molecule has 0 amide bonds. The average molecular weight is 239 g/mol. The molecule has 18 heavy (non-hydrogen) atoms. The zero-order valence-corrected chi connectivity index (χ0v) is 10.1. The standard InChI is InChI=1S/C14H13N3O/c1-16-12-4-6-13(7-5-12)18-10-11-3-2-8-17-14(11)9-15/h2-8,16H,10H2,1H3. The molecule has 0 spiro atoms. The minimum absolute atomic E-state index is 0.343. The molecule has 0 aliphatic carbocycles. The molecule has 0 saturated heterocycles. The molecule has 2 rings (SSSR count). The lowest BCUT2D eigenvalue weighted by Gasteiger charge is -2.07. The Labute approximate surface area is 106 Å². The van der Waals surface area contributed by atoms with Crippen molar-refractivity contribution in [3.8, 4) is 11.8 Å². The lowest BCUT2D eigenvalue weighted by molar-refractivity contribution is 0.305. The Morgan fingerprint density at radius 1 is 1.28 bits per heavy atom. The third-order valence-electron chi connectivity index (χ3n) is 2.53. The number of ether oxygens (including phenoxy) is 1. The Hall–Kier alpha value is -2.54. The number of aromatic nitrogens is 1. The van der Waals surface area contributed by atoms with Crippen LogP contribution in [0, 0.1) is 11.3 Å². The fraction of sp³-hybridized carbons (Fsp3) is 0.143. The summed E-state index contributed by atoms with van der Waals surface area (Å²) in [6.45, 7) is 0.343. The minimum atomic E-state index is 0.343. The molecule has 0 fully saturated rings. The maximum atomic E-state index is 8.91. The SMILES string of the molecule is CNc1ccc(OCc2cccnc2C#N)cc1. The van der Waals surface area contributed by atoms with E-state index in [0.29, 0.717) is 12.3 Å². The number of nitriles is 1. The average Bonchev–Trinajstić information content (AvgIpc) is 2.46. The summed E-state index contributed by atoms with van der Waals surface area (Å²) in [5.74, 6) is 0.766. The Morgan fingerprint density at radius 3 is 2.72 bits per heavy atom. The molecule has 4 heteroatoms. The highest BCUT2D eigenvalue weighted by molar-refractivity contribution is 5.45. The fourth-order valence-corrected chi connectivity index (χ4v) is 1.53. The van der Waals surface area contributed by atoms with E-state index < -0.39 is 0 Å². The zero-order valence-electron chi connectivity index (χ0n) is 10.1. The van der Waals surface area contributed by atoms with E-state index in [0.717, 1.165) is 17.0 Å². The molecular weight excluding hydrogens is 226 g/mol. The van der Waals surface area contributed by atoms with Gasteiger partial charge < -0.3 is 10.1 Å². The van der Waals surface area contributed by atoms with Crippen LogP contribution in [0.15, 0.2) is 42.6 Å². The summed E-state index contributed by atoms with van der Waals surface area (Å²) >= 11 is 0. The van der Waals surface area contributed by atoms with E-state index in [1.54, 1.807) is 12.3 Å². The van der Waals surface area contributed by atoms with Gasteiger partial charge in [0, 0.05) is 24.5 Å². The van der Waals surface area contributed by atoms with Gasteiger partial charge in [-0.2, -0.15) is 5.26 Å². The predicted octanol–water partition coefficient (Wildman–Crippen LogP) is 2.57. The van der Waals surface area contributed by atoms with E-state index >= 15 is 0 Å². The van der Waals surface area contributed by atoms with Crippen LogP contribution in [-0.4, -0.2) is 12.0 Å². The van der Waals surface area contributed by atoms with Gasteiger partial charge in [0.25, 0.3) is 0 Å². The Balaban J connectivity index is 2.05. The van der Waals surface area contributed by atoms with Gasteiger partial charge in [-0.3, -0.25) is 0 Å². The summed E-state index contributed by atoms with van der Waals surface area (Å²) in [4.78, 5) is 3.99. The van der Waals surface area contributed by atoms with Gasteiger partial charge in [0.05, 0.1) is 0 Å². The van der Waals surface area contributed by atoms with Crippen LogP contribution in [0.1, 0.15) is 11.3 Å². The molecular formula is C14H13N3O. The first-order chi connectivity index (χ1) is 8.83. The van der Waals surface area contributed by atoms with Crippen LogP contribution in [-0.2, 0) is 6.61 Å². The van der Waals surface area contributed by atoms with Gasteiger partial charge in [-0.15, -0.1) is 0 Å². The first-order valence-corrected chi connectivity index (χ1v) is 5.58. The van der Waals surface area contributed by atoms with Crippen LogP contribution in [0.5, 0.6) is 5.75 Å². The molecule has 0 aliphatic rings. The molecule has 1 aromatic heterocycles. The number of nitrogens with zero attached hydrogens (tertiary/aromatic N) is 2. The summed E-state index contributed by atoms with van der Waals surface area (Å²) in [5.41, 5.74) is 2.23. The molecule has 0 aliphatic heterocycles. The number of anilines is 1. The number of nitrogens with one attached hydrogen (secondary N) is 1. The molecule has 0 atom stereocenters. The molecule has 1 heterocycles. The second-order valence-electron chi connectivity index (χ2n) is 3.69. The van der Waals surface area contributed by atoms with Crippen molar-refractivity contribution in [1.82, 2.24) is 4.98 Å². The highest BCUT2D eigenvalue weighted by Gasteiger charge is 2.03. The van der Waals surface area contributed by atoms with E-state index in [4.69, 9.17) is 10.00 Å². The number of rotatable bonds is 4. The first-order valence-electron chi connectivity index (χ1n) is 5.58. The molecule has 0 radical (unpaired) electrons. The van der Waals surface area contributed by atoms with Crippen molar-refractivity contribution in [3.05, 3.63) is 53.9 Å². The lowest BCUT2D eigenvalue weighted by atomic mass is 10.2. The highest BCUT2D eigenvalue weighted by Crippen LogP contribution is 2.17. The van der Waals surface area contributed by atoms with E-state index in [1.807, 2.05) is 43.4 Å². The van der Waals surface area contributed by atoms with Crippen LogP contribution >= 0.6 is 0 Å². The summed E-state index contributed by atoms with van der Waals surface area (Å²) in [7, 11) is 1.87. The number of hydrogen-bond donors (Lipinski definition) is 1. The van der Waals surface area contributed by atoms with Crippen LogP contribution in [0.25, 0.3) is 0 Å². The number of pyridine rings is 1. The van der Waals surface area contributed by atoms with Crippen molar-refractivity contribution >= 4 is 5.69 Å². The molecule has 4 nitrogen and oxygen atoms in total. The summed E-state index contributed by atoms with van der Waals surface area (Å²) < 4.78 is 5.62. The minimum Gasteiger partial charge on any atom is -0.489 e. The predicted molar refractivity (Wildman–Crippen MR) is 69.3 cm³/mol. The second kappa shape index (κ2) is 5.69. The van der Waals surface area contributed by atoms with Crippen molar-refractivity contribution < 1.29 is 4.74 Å². The van der Waals surface area contributed by atoms with Crippen molar-refractivity contribution in [1.29, 1.82) is 5.26 Å². The van der Waals surface area contributed by atoms with Crippen LogP contribution in [0.4, 0.5) is 5.69 Å². The second-order valence-corrected chi connectivity index (χ2v) is 3.69. The third kappa shape index (κ3) is 2.77. The fourth-order valence-electron chi connectivity index (χ4n) is 1.53. The van der Waals surface area contributed by atoms with Crippen LogP contribution < -0.4 is 10.1 Å². The largest absolute Gasteiger partial charge is 0.489 e.